The van der Waals surface area contributed by atoms with Crippen LogP contribution >= 0.6 is 0 Å². The monoisotopic (exact) mass is 304 g/mol. The Morgan fingerprint density at radius 1 is 1.57 bits per heavy atom. The fourth-order valence-electron chi connectivity index (χ4n) is 1.94. The SMILES string of the molecule is CCc1c(NC)c([N+](=O)[O-])cc(C(=O)O)c1OCC(F)F. The van der Waals surface area contributed by atoms with Crippen molar-refractivity contribution in [3.63, 3.8) is 0 Å². The van der Waals surface area contributed by atoms with Gasteiger partial charge in [0.1, 0.15) is 23.6 Å². The molecule has 9 heteroatoms. The van der Waals surface area contributed by atoms with E-state index in [1.54, 1.807) is 6.92 Å². The molecule has 0 saturated carbocycles. The lowest BCUT2D eigenvalue weighted by Gasteiger charge is -2.17. The third-order valence-corrected chi connectivity index (χ3v) is 2.74. The summed E-state index contributed by atoms with van der Waals surface area (Å²) in [7, 11) is 1.42. The van der Waals surface area contributed by atoms with Crippen molar-refractivity contribution in [2.24, 2.45) is 0 Å². The number of hydrogen-bond acceptors (Lipinski definition) is 5. The summed E-state index contributed by atoms with van der Waals surface area (Å²) >= 11 is 0. The van der Waals surface area contributed by atoms with Crippen LogP contribution in [0.15, 0.2) is 6.07 Å². The zero-order valence-electron chi connectivity index (χ0n) is 11.4. The number of carbonyl (C=O) groups is 1. The van der Waals surface area contributed by atoms with Crippen LogP contribution < -0.4 is 10.1 Å². The Balaban J connectivity index is 3.57. The molecule has 0 amide bonds. The van der Waals surface area contributed by atoms with Gasteiger partial charge in [-0.3, -0.25) is 10.1 Å². The average molecular weight is 304 g/mol. The molecular formula is C12H14F2N2O5. The number of ether oxygens (including phenoxy) is 1. The quantitative estimate of drug-likeness (QED) is 0.593. The van der Waals surface area contributed by atoms with Crippen LogP contribution in [0.25, 0.3) is 0 Å². The fraction of sp³-hybridized carbons (Fsp3) is 0.417. The lowest BCUT2D eigenvalue weighted by Crippen LogP contribution is -2.14. The molecule has 0 aliphatic heterocycles. The Hall–Kier alpha value is -2.45. The first kappa shape index (κ1) is 16.6. The number of nitro groups is 1. The highest BCUT2D eigenvalue weighted by atomic mass is 19.3. The van der Waals surface area contributed by atoms with Gasteiger partial charge in [0.2, 0.25) is 0 Å². The van der Waals surface area contributed by atoms with E-state index in [2.05, 4.69) is 5.32 Å². The average Bonchev–Trinajstić information content (AvgIpc) is 2.42. The predicted octanol–water partition coefficient (Wildman–Crippen LogP) is 2.54. The fourth-order valence-corrected chi connectivity index (χ4v) is 1.94. The maximum Gasteiger partial charge on any atom is 0.339 e. The van der Waals surface area contributed by atoms with E-state index < -0.39 is 35.2 Å². The van der Waals surface area contributed by atoms with Crippen molar-refractivity contribution < 1.29 is 28.3 Å². The van der Waals surface area contributed by atoms with Crippen LogP contribution in [-0.4, -0.2) is 36.1 Å². The van der Waals surface area contributed by atoms with Gasteiger partial charge in [-0.05, 0) is 6.42 Å². The number of rotatable bonds is 7. The van der Waals surface area contributed by atoms with Gasteiger partial charge < -0.3 is 15.2 Å². The van der Waals surface area contributed by atoms with Crippen molar-refractivity contribution >= 4 is 17.3 Å². The third-order valence-electron chi connectivity index (χ3n) is 2.74. The van der Waals surface area contributed by atoms with E-state index in [9.17, 15) is 23.7 Å². The van der Waals surface area contributed by atoms with E-state index >= 15 is 0 Å². The van der Waals surface area contributed by atoms with E-state index in [0.29, 0.717) is 0 Å². The van der Waals surface area contributed by atoms with E-state index in [4.69, 9.17) is 9.84 Å². The van der Waals surface area contributed by atoms with Crippen LogP contribution in [0.3, 0.4) is 0 Å². The molecule has 0 heterocycles. The van der Waals surface area contributed by atoms with Gasteiger partial charge in [0.25, 0.3) is 12.1 Å². The molecule has 0 unspecified atom stereocenters. The van der Waals surface area contributed by atoms with Gasteiger partial charge >= 0.3 is 5.97 Å². The van der Waals surface area contributed by atoms with Gasteiger partial charge in [-0.1, -0.05) is 6.92 Å². The van der Waals surface area contributed by atoms with Crippen molar-refractivity contribution in [1.29, 1.82) is 0 Å². The lowest BCUT2D eigenvalue weighted by atomic mass is 10.0. The normalized spacial score (nSPS) is 10.5. The van der Waals surface area contributed by atoms with Crippen LogP contribution in [0.2, 0.25) is 0 Å². The number of aromatic carboxylic acids is 1. The topological polar surface area (TPSA) is 102 Å². The Bertz CT molecular complexity index is 563. The molecule has 116 valence electrons. The summed E-state index contributed by atoms with van der Waals surface area (Å²) in [4.78, 5) is 21.5. The highest BCUT2D eigenvalue weighted by Gasteiger charge is 2.27. The largest absolute Gasteiger partial charge is 0.486 e. The highest BCUT2D eigenvalue weighted by Crippen LogP contribution is 2.39. The van der Waals surface area contributed by atoms with Gasteiger partial charge in [0.15, 0.2) is 0 Å². The van der Waals surface area contributed by atoms with Gasteiger partial charge in [0, 0.05) is 18.7 Å². The summed E-state index contributed by atoms with van der Waals surface area (Å²) in [5, 5.41) is 22.7. The van der Waals surface area contributed by atoms with Crippen molar-refractivity contribution in [2.75, 3.05) is 19.0 Å². The van der Waals surface area contributed by atoms with E-state index in [0.717, 1.165) is 6.07 Å². The van der Waals surface area contributed by atoms with Crippen molar-refractivity contribution in [3.05, 3.63) is 27.3 Å². The van der Waals surface area contributed by atoms with Gasteiger partial charge in [-0.25, -0.2) is 13.6 Å². The van der Waals surface area contributed by atoms with E-state index in [1.807, 2.05) is 0 Å². The number of nitrogens with zero attached hydrogens (tertiary/aromatic N) is 1. The lowest BCUT2D eigenvalue weighted by molar-refractivity contribution is -0.384. The molecule has 2 N–H and O–H groups in total. The van der Waals surface area contributed by atoms with Gasteiger partial charge in [0.05, 0.1) is 4.92 Å². The summed E-state index contributed by atoms with van der Waals surface area (Å²) in [5.74, 6) is -1.76. The second-order valence-corrected chi connectivity index (χ2v) is 3.99. The zero-order chi connectivity index (χ0) is 16.2. The summed E-state index contributed by atoms with van der Waals surface area (Å²) < 4.78 is 29.4. The van der Waals surface area contributed by atoms with Crippen molar-refractivity contribution in [1.82, 2.24) is 0 Å². The first-order chi connectivity index (χ1) is 9.83. The minimum absolute atomic E-state index is 0.0526. The number of hydrogen-bond donors (Lipinski definition) is 2. The number of alkyl halides is 2. The number of nitrogens with one attached hydrogen (secondary N) is 1. The number of anilines is 1. The number of halogens is 2. The summed E-state index contributed by atoms with van der Waals surface area (Å²) in [6, 6.07) is 0.800. The Kier molecular flexibility index (Phi) is 5.39. The molecule has 0 aromatic heterocycles. The molecule has 1 aromatic carbocycles. The first-order valence-electron chi connectivity index (χ1n) is 5.99. The molecule has 0 atom stereocenters. The van der Waals surface area contributed by atoms with Crippen LogP contribution in [0, 0.1) is 10.1 Å². The molecule has 0 saturated heterocycles. The van der Waals surface area contributed by atoms with Gasteiger partial charge in [-0.2, -0.15) is 0 Å². The first-order valence-corrected chi connectivity index (χ1v) is 5.99. The van der Waals surface area contributed by atoms with Crippen LogP contribution in [0.4, 0.5) is 20.2 Å². The molecule has 0 aliphatic rings. The summed E-state index contributed by atoms with van der Waals surface area (Å²) in [6.45, 7) is 0.620. The molecule has 0 bridgehead atoms. The molecule has 0 aliphatic carbocycles. The van der Waals surface area contributed by atoms with Crippen LogP contribution in [-0.2, 0) is 6.42 Å². The Morgan fingerprint density at radius 2 is 2.19 bits per heavy atom. The molecule has 0 radical (unpaired) electrons. The smallest absolute Gasteiger partial charge is 0.339 e. The van der Waals surface area contributed by atoms with Crippen LogP contribution in [0.5, 0.6) is 5.75 Å². The van der Waals surface area contributed by atoms with Crippen molar-refractivity contribution in [3.8, 4) is 5.75 Å². The van der Waals surface area contributed by atoms with E-state index in [1.165, 1.54) is 7.05 Å². The number of carboxylic acid groups (broad SMARTS) is 1. The Labute approximate surface area is 118 Å². The maximum atomic E-state index is 12.3. The molecule has 21 heavy (non-hydrogen) atoms. The minimum atomic E-state index is -2.79. The van der Waals surface area contributed by atoms with Crippen LogP contribution in [0.1, 0.15) is 22.8 Å². The molecule has 1 rings (SSSR count). The summed E-state index contributed by atoms with van der Waals surface area (Å²) in [6.07, 6.45) is -2.61. The van der Waals surface area contributed by atoms with Crippen molar-refractivity contribution in [2.45, 2.75) is 19.8 Å². The molecular weight excluding hydrogens is 290 g/mol. The van der Waals surface area contributed by atoms with E-state index in [-0.39, 0.29) is 23.4 Å². The second-order valence-electron chi connectivity index (χ2n) is 3.99. The Morgan fingerprint density at radius 3 is 2.57 bits per heavy atom. The number of carboxylic acids is 1. The minimum Gasteiger partial charge on any atom is -0.486 e. The third kappa shape index (κ3) is 3.56. The number of benzene rings is 1. The number of nitro benzene ring substituents is 1. The molecule has 0 fully saturated rings. The van der Waals surface area contributed by atoms with Gasteiger partial charge in [-0.15, -0.1) is 0 Å². The second kappa shape index (κ2) is 6.82. The maximum absolute atomic E-state index is 12.3. The predicted molar refractivity (Wildman–Crippen MR) is 70.5 cm³/mol. The zero-order valence-corrected chi connectivity index (χ0v) is 11.4. The highest BCUT2D eigenvalue weighted by molar-refractivity contribution is 5.94. The molecule has 7 nitrogen and oxygen atoms in total. The summed E-state index contributed by atoms with van der Waals surface area (Å²) in [5.41, 5.74) is -0.740. The molecule has 1 aromatic rings. The standard InChI is InChI=1S/C12H14F2N2O5/c1-3-6-10(15-2)8(16(19)20)4-7(12(17)18)11(6)21-5-9(13)14/h4,9,15H,3,5H2,1-2H3,(H,17,18). The molecule has 0 spiro atoms.